The highest BCUT2D eigenvalue weighted by Crippen LogP contribution is 2.40. The van der Waals surface area contributed by atoms with Gasteiger partial charge in [0.25, 0.3) is 0 Å². The number of halogens is 1. The van der Waals surface area contributed by atoms with Crippen LogP contribution in [0.3, 0.4) is 0 Å². The minimum atomic E-state index is -0.179. The second-order valence-corrected chi connectivity index (χ2v) is 6.39. The van der Waals surface area contributed by atoms with Crippen LogP contribution in [-0.2, 0) is 0 Å². The Labute approximate surface area is 125 Å². The molecular weight excluding hydrogens is 263 g/mol. The fourth-order valence-electron chi connectivity index (χ4n) is 3.69. The third-order valence-corrected chi connectivity index (χ3v) is 5.13. The van der Waals surface area contributed by atoms with Gasteiger partial charge < -0.3 is 5.73 Å². The minimum Gasteiger partial charge on any atom is -0.330 e. The van der Waals surface area contributed by atoms with Crippen molar-refractivity contribution in [2.24, 2.45) is 17.6 Å². The van der Waals surface area contributed by atoms with Crippen molar-refractivity contribution in [1.82, 2.24) is 4.98 Å². The molecule has 112 valence electrons. The molecular formula is C18H23FN2. The van der Waals surface area contributed by atoms with Crippen LogP contribution in [0.5, 0.6) is 0 Å². The molecule has 1 saturated carbocycles. The summed E-state index contributed by atoms with van der Waals surface area (Å²) in [5.74, 6) is 1.70. The predicted octanol–water partition coefficient (Wildman–Crippen LogP) is 4.24. The smallest absolute Gasteiger partial charge is 0.123 e. The van der Waals surface area contributed by atoms with E-state index in [0.29, 0.717) is 11.8 Å². The Morgan fingerprint density at radius 1 is 1.24 bits per heavy atom. The summed E-state index contributed by atoms with van der Waals surface area (Å²) >= 11 is 0. The summed E-state index contributed by atoms with van der Waals surface area (Å²) in [7, 11) is 0. The van der Waals surface area contributed by atoms with E-state index in [-0.39, 0.29) is 5.82 Å². The zero-order chi connectivity index (χ0) is 14.8. The van der Waals surface area contributed by atoms with Gasteiger partial charge in [0.15, 0.2) is 0 Å². The summed E-state index contributed by atoms with van der Waals surface area (Å²) < 4.78 is 13.6. The summed E-state index contributed by atoms with van der Waals surface area (Å²) in [6.45, 7) is 3.03. The molecule has 21 heavy (non-hydrogen) atoms. The first kappa shape index (κ1) is 14.5. The van der Waals surface area contributed by atoms with Crippen molar-refractivity contribution in [3.63, 3.8) is 0 Å². The summed E-state index contributed by atoms with van der Waals surface area (Å²) in [5.41, 5.74) is 7.95. The first-order valence-corrected chi connectivity index (χ1v) is 7.93. The van der Waals surface area contributed by atoms with Gasteiger partial charge in [-0.3, -0.25) is 4.98 Å². The van der Waals surface area contributed by atoms with E-state index in [2.05, 4.69) is 18.0 Å². The van der Waals surface area contributed by atoms with Crippen LogP contribution in [0.15, 0.2) is 30.5 Å². The fourth-order valence-corrected chi connectivity index (χ4v) is 3.69. The SMILES string of the molecule is CC(CN)C1CCC(c2ccnc3ccc(F)cc23)CC1. The zero-order valence-corrected chi connectivity index (χ0v) is 12.6. The number of fused-ring (bicyclic) bond motifs is 1. The highest BCUT2D eigenvalue weighted by molar-refractivity contribution is 5.82. The van der Waals surface area contributed by atoms with Crippen LogP contribution in [0.1, 0.15) is 44.1 Å². The van der Waals surface area contributed by atoms with Crippen LogP contribution in [0.25, 0.3) is 10.9 Å². The average Bonchev–Trinajstić information content (AvgIpc) is 2.53. The zero-order valence-electron chi connectivity index (χ0n) is 12.6. The Morgan fingerprint density at radius 2 is 2.00 bits per heavy atom. The molecule has 1 heterocycles. The predicted molar refractivity (Wildman–Crippen MR) is 84.6 cm³/mol. The molecule has 1 aliphatic rings. The molecule has 1 atom stereocenters. The summed E-state index contributed by atoms with van der Waals surface area (Å²) in [6.07, 6.45) is 6.64. The number of nitrogens with two attached hydrogens (primary N) is 1. The largest absolute Gasteiger partial charge is 0.330 e. The van der Waals surface area contributed by atoms with Gasteiger partial charge in [-0.05, 0) is 79.8 Å². The molecule has 1 aromatic heterocycles. The lowest BCUT2D eigenvalue weighted by Crippen LogP contribution is -2.24. The van der Waals surface area contributed by atoms with Crippen molar-refractivity contribution in [1.29, 1.82) is 0 Å². The van der Waals surface area contributed by atoms with Gasteiger partial charge in [0.1, 0.15) is 5.82 Å². The lowest BCUT2D eigenvalue weighted by atomic mass is 9.74. The molecule has 2 aromatic rings. The second-order valence-electron chi connectivity index (χ2n) is 6.39. The van der Waals surface area contributed by atoms with Crippen molar-refractivity contribution in [3.05, 3.63) is 41.8 Å². The van der Waals surface area contributed by atoms with Gasteiger partial charge in [-0.1, -0.05) is 6.92 Å². The minimum absolute atomic E-state index is 0.179. The van der Waals surface area contributed by atoms with Crippen LogP contribution in [0.2, 0.25) is 0 Å². The molecule has 2 N–H and O–H groups in total. The quantitative estimate of drug-likeness (QED) is 0.916. The Bertz CT molecular complexity index is 618. The Kier molecular flexibility index (Phi) is 4.20. The monoisotopic (exact) mass is 286 g/mol. The number of aromatic nitrogens is 1. The van der Waals surface area contributed by atoms with Gasteiger partial charge in [-0.25, -0.2) is 4.39 Å². The van der Waals surface area contributed by atoms with E-state index < -0.39 is 0 Å². The van der Waals surface area contributed by atoms with Crippen molar-refractivity contribution in [2.45, 2.75) is 38.5 Å². The maximum absolute atomic E-state index is 13.6. The summed E-state index contributed by atoms with van der Waals surface area (Å²) in [4.78, 5) is 4.35. The molecule has 0 radical (unpaired) electrons. The molecule has 1 fully saturated rings. The topological polar surface area (TPSA) is 38.9 Å². The normalized spacial score (nSPS) is 24.1. The number of benzene rings is 1. The molecule has 2 nitrogen and oxygen atoms in total. The highest BCUT2D eigenvalue weighted by Gasteiger charge is 2.26. The number of pyridine rings is 1. The van der Waals surface area contributed by atoms with Gasteiger partial charge >= 0.3 is 0 Å². The molecule has 1 unspecified atom stereocenters. The van der Waals surface area contributed by atoms with Crippen LogP contribution in [-0.4, -0.2) is 11.5 Å². The van der Waals surface area contributed by atoms with Crippen molar-refractivity contribution >= 4 is 10.9 Å². The standard InChI is InChI=1S/C18H23FN2/c1-12(11-20)13-2-4-14(5-3-13)16-8-9-21-18-7-6-15(19)10-17(16)18/h6-10,12-14H,2-5,11,20H2,1H3. The Balaban J connectivity index is 1.84. The summed E-state index contributed by atoms with van der Waals surface area (Å²) in [6, 6.07) is 6.96. The molecule has 3 heteroatoms. The van der Waals surface area contributed by atoms with Crippen LogP contribution < -0.4 is 5.73 Å². The third kappa shape index (κ3) is 2.93. The van der Waals surface area contributed by atoms with Gasteiger partial charge in [-0.2, -0.15) is 0 Å². The van der Waals surface area contributed by atoms with Crippen LogP contribution in [0, 0.1) is 17.7 Å². The van der Waals surface area contributed by atoms with Crippen LogP contribution >= 0.6 is 0 Å². The van der Waals surface area contributed by atoms with Gasteiger partial charge in [0, 0.05) is 11.6 Å². The maximum atomic E-state index is 13.6. The van der Waals surface area contributed by atoms with E-state index in [1.54, 1.807) is 12.1 Å². The maximum Gasteiger partial charge on any atom is 0.123 e. The van der Waals surface area contributed by atoms with Gasteiger partial charge in [-0.15, -0.1) is 0 Å². The molecule has 0 spiro atoms. The fraction of sp³-hybridized carbons (Fsp3) is 0.500. The Morgan fingerprint density at radius 3 is 2.71 bits per heavy atom. The number of nitrogens with zero attached hydrogens (tertiary/aromatic N) is 1. The Hall–Kier alpha value is -1.48. The van der Waals surface area contributed by atoms with E-state index in [1.165, 1.54) is 37.3 Å². The average molecular weight is 286 g/mol. The van der Waals surface area contributed by atoms with Gasteiger partial charge in [0.05, 0.1) is 5.52 Å². The first-order valence-electron chi connectivity index (χ1n) is 7.93. The molecule has 3 rings (SSSR count). The van der Waals surface area contributed by atoms with E-state index in [1.807, 2.05) is 6.20 Å². The van der Waals surface area contributed by atoms with E-state index in [9.17, 15) is 4.39 Å². The molecule has 0 saturated heterocycles. The molecule has 0 bridgehead atoms. The third-order valence-electron chi connectivity index (χ3n) is 5.13. The summed E-state index contributed by atoms with van der Waals surface area (Å²) in [5, 5.41) is 0.979. The van der Waals surface area contributed by atoms with Crippen LogP contribution in [0.4, 0.5) is 4.39 Å². The molecule has 0 aliphatic heterocycles. The van der Waals surface area contributed by atoms with E-state index >= 15 is 0 Å². The first-order chi connectivity index (χ1) is 10.2. The highest BCUT2D eigenvalue weighted by atomic mass is 19.1. The number of rotatable bonds is 3. The number of hydrogen-bond donors (Lipinski definition) is 1. The number of hydrogen-bond acceptors (Lipinski definition) is 2. The molecule has 1 aliphatic carbocycles. The molecule has 0 amide bonds. The van der Waals surface area contributed by atoms with Crippen molar-refractivity contribution in [2.75, 3.05) is 6.54 Å². The van der Waals surface area contributed by atoms with E-state index in [4.69, 9.17) is 5.73 Å². The molecule has 1 aromatic carbocycles. The van der Waals surface area contributed by atoms with Crippen molar-refractivity contribution in [3.8, 4) is 0 Å². The second kappa shape index (κ2) is 6.10. The van der Waals surface area contributed by atoms with Gasteiger partial charge in [0.2, 0.25) is 0 Å². The van der Waals surface area contributed by atoms with Crippen molar-refractivity contribution < 1.29 is 4.39 Å². The lowest BCUT2D eigenvalue weighted by Gasteiger charge is -2.32. The van der Waals surface area contributed by atoms with E-state index in [0.717, 1.165) is 23.4 Å². The lowest BCUT2D eigenvalue weighted by molar-refractivity contribution is 0.250.